The van der Waals surface area contributed by atoms with Crippen molar-refractivity contribution in [1.29, 1.82) is 0 Å². The highest BCUT2D eigenvalue weighted by Crippen LogP contribution is 2.31. The Bertz CT molecular complexity index is 369. The van der Waals surface area contributed by atoms with Crippen LogP contribution in [-0.4, -0.2) is 46.8 Å². The SMILES string of the molecule is CN1N=C(C(=O)NC2(CO)CCC2)CCC1=O. The normalized spacial score (nSPS) is 22.8. The molecule has 0 aromatic heterocycles. The van der Waals surface area contributed by atoms with Gasteiger partial charge in [-0.1, -0.05) is 0 Å². The van der Waals surface area contributed by atoms with Crippen LogP contribution in [0.1, 0.15) is 32.1 Å². The van der Waals surface area contributed by atoms with E-state index < -0.39 is 5.54 Å². The minimum atomic E-state index is -0.459. The van der Waals surface area contributed by atoms with Crippen molar-refractivity contribution >= 4 is 17.5 Å². The highest BCUT2D eigenvalue weighted by molar-refractivity contribution is 6.39. The van der Waals surface area contributed by atoms with Crippen LogP contribution in [0.5, 0.6) is 0 Å². The number of carbonyl (C=O) groups excluding carboxylic acids is 2. The number of hydrogen-bond acceptors (Lipinski definition) is 4. The Labute approximate surface area is 99.7 Å². The lowest BCUT2D eigenvalue weighted by molar-refractivity contribution is -0.130. The van der Waals surface area contributed by atoms with Gasteiger partial charge in [-0.05, 0) is 19.3 Å². The average molecular weight is 239 g/mol. The van der Waals surface area contributed by atoms with E-state index in [1.807, 2.05) is 0 Å². The Morgan fingerprint density at radius 1 is 1.53 bits per heavy atom. The molecule has 1 fully saturated rings. The number of rotatable bonds is 3. The summed E-state index contributed by atoms with van der Waals surface area (Å²) in [6, 6.07) is 0. The number of aliphatic hydroxyl groups is 1. The molecule has 1 aliphatic carbocycles. The fourth-order valence-electron chi connectivity index (χ4n) is 2.07. The van der Waals surface area contributed by atoms with E-state index in [2.05, 4.69) is 10.4 Å². The summed E-state index contributed by atoms with van der Waals surface area (Å²) in [5.41, 5.74) is -0.0913. The van der Waals surface area contributed by atoms with Gasteiger partial charge in [0.2, 0.25) is 5.91 Å². The van der Waals surface area contributed by atoms with E-state index in [-0.39, 0.29) is 18.4 Å². The van der Waals surface area contributed by atoms with E-state index in [0.29, 0.717) is 18.6 Å². The number of aliphatic hydroxyl groups excluding tert-OH is 1. The Balaban J connectivity index is 2.01. The molecule has 1 aliphatic heterocycles. The Morgan fingerprint density at radius 3 is 2.71 bits per heavy atom. The second-order valence-electron chi connectivity index (χ2n) is 4.71. The largest absolute Gasteiger partial charge is 0.394 e. The van der Waals surface area contributed by atoms with E-state index in [9.17, 15) is 14.7 Å². The molecule has 2 aliphatic rings. The molecule has 0 atom stereocenters. The Kier molecular flexibility index (Phi) is 3.15. The lowest BCUT2D eigenvalue weighted by Gasteiger charge is -2.41. The number of nitrogens with one attached hydrogen (secondary N) is 1. The highest BCUT2D eigenvalue weighted by atomic mass is 16.3. The molecule has 2 rings (SSSR count). The van der Waals surface area contributed by atoms with E-state index in [1.54, 1.807) is 7.05 Å². The maximum atomic E-state index is 11.9. The number of hydrogen-bond donors (Lipinski definition) is 2. The molecule has 0 bridgehead atoms. The fourth-order valence-corrected chi connectivity index (χ4v) is 2.07. The van der Waals surface area contributed by atoms with Crippen LogP contribution in [0.25, 0.3) is 0 Å². The lowest BCUT2D eigenvalue weighted by Crippen LogP contribution is -2.58. The molecule has 6 nitrogen and oxygen atoms in total. The van der Waals surface area contributed by atoms with Gasteiger partial charge in [-0.15, -0.1) is 0 Å². The Morgan fingerprint density at radius 2 is 2.24 bits per heavy atom. The van der Waals surface area contributed by atoms with Crippen LogP contribution in [0.3, 0.4) is 0 Å². The van der Waals surface area contributed by atoms with Crippen molar-refractivity contribution in [3.63, 3.8) is 0 Å². The summed E-state index contributed by atoms with van der Waals surface area (Å²) in [5.74, 6) is -0.347. The quantitative estimate of drug-likeness (QED) is 0.704. The third kappa shape index (κ3) is 2.31. The molecule has 17 heavy (non-hydrogen) atoms. The molecule has 6 heteroatoms. The summed E-state index contributed by atoms with van der Waals surface area (Å²) in [7, 11) is 1.54. The first-order chi connectivity index (χ1) is 8.06. The first-order valence-electron chi connectivity index (χ1n) is 5.84. The minimum absolute atomic E-state index is 0.0409. The third-order valence-corrected chi connectivity index (χ3v) is 3.46. The average Bonchev–Trinajstić information content (AvgIpc) is 2.27. The zero-order valence-corrected chi connectivity index (χ0v) is 9.90. The van der Waals surface area contributed by atoms with Crippen molar-refractivity contribution in [3.05, 3.63) is 0 Å². The second kappa shape index (κ2) is 4.44. The highest BCUT2D eigenvalue weighted by Gasteiger charge is 2.38. The van der Waals surface area contributed by atoms with E-state index in [4.69, 9.17) is 0 Å². The van der Waals surface area contributed by atoms with Crippen molar-refractivity contribution < 1.29 is 14.7 Å². The van der Waals surface area contributed by atoms with Crippen LogP contribution < -0.4 is 5.32 Å². The predicted octanol–water partition coefficient (Wildman–Crippen LogP) is -0.374. The molecule has 1 heterocycles. The van der Waals surface area contributed by atoms with Crippen LogP contribution in [0, 0.1) is 0 Å². The lowest BCUT2D eigenvalue weighted by atomic mass is 9.77. The van der Waals surface area contributed by atoms with Gasteiger partial charge in [0.05, 0.1) is 12.1 Å². The maximum Gasteiger partial charge on any atom is 0.268 e. The van der Waals surface area contributed by atoms with E-state index in [0.717, 1.165) is 19.3 Å². The van der Waals surface area contributed by atoms with Gasteiger partial charge in [-0.3, -0.25) is 9.59 Å². The Hall–Kier alpha value is -1.43. The summed E-state index contributed by atoms with van der Waals surface area (Å²) < 4.78 is 0. The molecule has 0 radical (unpaired) electrons. The fraction of sp³-hybridized carbons (Fsp3) is 0.727. The molecule has 0 saturated heterocycles. The third-order valence-electron chi connectivity index (χ3n) is 3.46. The molecular formula is C11H17N3O3. The molecule has 0 aromatic rings. The van der Waals surface area contributed by atoms with Crippen LogP contribution in [-0.2, 0) is 9.59 Å². The molecule has 0 unspecified atom stereocenters. The second-order valence-corrected chi connectivity index (χ2v) is 4.71. The topological polar surface area (TPSA) is 82.0 Å². The smallest absolute Gasteiger partial charge is 0.268 e. The number of hydrazone groups is 1. The number of nitrogens with zero attached hydrogens (tertiary/aromatic N) is 2. The van der Waals surface area contributed by atoms with Crippen molar-refractivity contribution in [2.75, 3.05) is 13.7 Å². The van der Waals surface area contributed by atoms with Gasteiger partial charge < -0.3 is 10.4 Å². The molecular weight excluding hydrogens is 222 g/mol. The number of carbonyl (C=O) groups is 2. The van der Waals surface area contributed by atoms with Crippen LogP contribution in [0.2, 0.25) is 0 Å². The van der Waals surface area contributed by atoms with Crippen molar-refractivity contribution in [2.24, 2.45) is 5.10 Å². The van der Waals surface area contributed by atoms with Gasteiger partial charge in [0.1, 0.15) is 5.71 Å². The first kappa shape index (κ1) is 12.0. The van der Waals surface area contributed by atoms with Gasteiger partial charge in [-0.2, -0.15) is 5.10 Å². The monoisotopic (exact) mass is 239 g/mol. The minimum Gasteiger partial charge on any atom is -0.394 e. The van der Waals surface area contributed by atoms with Crippen LogP contribution >= 0.6 is 0 Å². The van der Waals surface area contributed by atoms with Gasteiger partial charge in [-0.25, -0.2) is 5.01 Å². The van der Waals surface area contributed by atoms with Crippen LogP contribution in [0.15, 0.2) is 5.10 Å². The molecule has 2 amide bonds. The van der Waals surface area contributed by atoms with Crippen molar-refractivity contribution in [3.8, 4) is 0 Å². The molecule has 0 aromatic carbocycles. The summed E-state index contributed by atoms with van der Waals surface area (Å²) in [6.45, 7) is -0.0409. The van der Waals surface area contributed by atoms with Gasteiger partial charge in [0.25, 0.3) is 5.91 Å². The molecule has 1 saturated carbocycles. The zero-order chi connectivity index (χ0) is 12.5. The molecule has 94 valence electrons. The van der Waals surface area contributed by atoms with Crippen LogP contribution in [0.4, 0.5) is 0 Å². The summed E-state index contributed by atoms with van der Waals surface area (Å²) in [4.78, 5) is 23.1. The summed E-state index contributed by atoms with van der Waals surface area (Å²) in [6.07, 6.45) is 3.31. The van der Waals surface area contributed by atoms with Gasteiger partial charge in [0.15, 0.2) is 0 Å². The molecule has 2 N–H and O–H groups in total. The van der Waals surface area contributed by atoms with Gasteiger partial charge in [0, 0.05) is 19.9 Å². The predicted molar refractivity (Wildman–Crippen MR) is 61.2 cm³/mol. The summed E-state index contributed by atoms with van der Waals surface area (Å²) >= 11 is 0. The van der Waals surface area contributed by atoms with Crippen molar-refractivity contribution in [2.45, 2.75) is 37.6 Å². The first-order valence-corrected chi connectivity index (χ1v) is 5.84. The van der Waals surface area contributed by atoms with Crippen molar-refractivity contribution in [1.82, 2.24) is 10.3 Å². The van der Waals surface area contributed by atoms with E-state index in [1.165, 1.54) is 5.01 Å². The number of amides is 2. The molecule has 0 spiro atoms. The van der Waals surface area contributed by atoms with E-state index >= 15 is 0 Å². The van der Waals surface area contributed by atoms with Gasteiger partial charge >= 0.3 is 0 Å². The standard InChI is InChI=1S/C11H17N3O3/c1-14-9(16)4-3-8(13-14)10(17)12-11(7-15)5-2-6-11/h15H,2-7H2,1H3,(H,12,17). The summed E-state index contributed by atoms with van der Waals surface area (Å²) in [5, 5.41) is 17.2. The zero-order valence-electron chi connectivity index (χ0n) is 9.90. The maximum absolute atomic E-state index is 11.9.